The second-order valence-corrected chi connectivity index (χ2v) is 8.20. The molecule has 7 heteroatoms. The number of carbonyl (C=O) groups excluding carboxylic acids is 1. The Morgan fingerprint density at radius 1 is 1.11 bits per heavy atom. The molecular formula is C21H22Cl2N3O2+. The highest BCUT2D eigenvalue weighted by Gasteiger charge is 2.37. The van der Waals surface area contributed by atoms with E-state index in [0.29, 0.717) is 28.1 Å². The Labute approximate surface area is 174 Å². The zero-order chi connectivity index (χ0) is 19.8. The van der Waals surface area contributed by atoms with E-state index in [-0.39, 0.29) is 18.1 Å². The van der Waals surface area contributed by atoms with Gasteiger partial charge in [0, 0.05) is 5.56 Å². The molecule has 2 aliphatic rings. The molecule has 2 aromatic rings. The number of nitrogens with one attached hydrogen (secondary N) is 1. The first-order valence-corrected chi connectivity index (χ1v) is 10.1. The Balaban J connectivity index is 1.66. The first-order valence-electron chi connectivity index (χ1n) is 9.36. The number of carbonyl (C=O) groups is 1. The van der Waals surface area contributed by atoms with E-state index in [0.717, 1.165) is 24.3 Å². The van der Waals surface area contributed by atoms with Crippen LogP contribution in [-0.4, -0.2) is 43.6 Å². The van der Waals surface area contributed by atoms with Gasteiger partial charge < -0.3 is 9.64 Å². The number of benzene rings is 2. The lowest BCUT2D eigenvalue weighted by atomic mass is 10.1. The molecule has 0 saturated carbocycles. The highest BCUT2D eigenvalue weighted by atomic mass is 35.5. The highest BCUT2D eigenvalue weighted by molar-refractivity contribution is 6.54. The average molecular weight is 419 g/mol. The van der Waals surface area contributed by atoms with Gasteiger partial charge in [0.2, 0.25) is 0 Å². The third-order valence-electron chi connectivity index (χ3n) is 5.04. The molecule has 1 amide bonds. The van der Waals surface area contributed by atoms with Crippen LogP contribution in [0.1, 0.15) is 19.4 Å². The Hall–Kier alpha value is -1.92. The summed E-state index contributed by atoms with van der Waals surface area (Å²) in [5, 5.41) is 0.879. The summed E-state index contributed by atoms with van der Waals surface area (Å²) in [5.74, 6) is -0.0911. The summed E-state index contributed by atoms with van der Waals surface area (Å²) >= 11 is 12.1. The van der Waals surface area contributed by atoms with Crippen molar-refractivity contribution >= 4 is 46.2 Å². The summed E-state index contributed by atoms with van der Waals surface area (Å²) in [7, 11) is 0. The zero-order valence-corrected chi connectivity index (χ0v) is 17.3. The van der Waals surface area contributed by atoms with E-state index in [1.54, 1.807) is 18.2 Å². The third kappa shape index (κ3) is 3.80. The fourth-order valence-corrected chi connectivity index (χ4v) is 4.24. The summed E-state index contributed by atoms with van der Waals surface area (Å²) in [4.78, 5) is 21.0. The quantitative estimate of drug-likeness (QED) is 0.831. The van der Waals surface area contributed by atoms with E-state index in [2.05, 4.69) is 18.8 Å². The van der Waals surface area contributed by atoms with Gasteiger partial charge in [-0.3, -0.25) is 9.69 Å². The molecule has 0 aliphatic carbocycles. The number of aliphatic imine (C=N–C) groups is 1. The molecule has 1 saturated heterocycles. The summed E-state index contributed by atoms with van der Waals surface area (Å²) in [6, 6.07) is 12.9. The van der Waals surface area contributed by atoms with Crippen molar-refractivity contribution in [3.8, 4) is 0 Å². The van der Waals surface area contributed by atoms with Crippen molar-refractivity contribution in [1.29, 1.82) is 0 Å². The number of nitrogens with zero attached hydrogens (tertiary/aromatic N) is 2. The number of hydrogen-bond acceptors (Lipinski definition) is 3. The van der Waals surface area contributed by atoms with E-state index in [9.17, 15) is 4.79 Å². The number of morpholine rings is 1. The van der Waals surface area contributed by atoms with Crippen LogP contribution in [0.25, 0.3) is 0 Å². The summed E-state index contributed by atoms with van der Waals surface area (Å²) < 4.78 is 5.83. The Kier molecular flexibility index (Phi) is 5.43. The molecule has 0 spiro atoms. The molecule has 0 bridgehead atoms. The van der Waals surface area contributed by atoms with Crippen LogP contribution in [0.5, 0.6) is 0 Å². The van der Waals surface area contributed by atoms with E-state index >= 15 is 0 Å². The molecule has 28 heavy (non-hydrogen) atoms. The fraction of sp³-hybridized carbons (Fsp3) is 0.333. The van der Waals surface area contributed by atoms with Crippen LogP contribution in [0, 0.1) is 0 Å². The van der Waals surface area contributed by atoms with Crippen molar-refractivity contribution in [3.05, 3.63) is 58.1 Å². The lowest BCUT2D eigenvalue weighted by Crippen LogP contribution is -3.17. The Bertz CT molecular complexity index is 937. The third-order valence-corrected chi connectivity index (χ3v) is 5.78. The molecule has 2 aromatic carbocycles. The molecule has 2 heterocycles. The lowest BCUT2D eigenvalue weighted by molar-refractivity contribution is -0.913. The predicted molar refractivity (Wildman–Crippen MR) is 112 cm³/mol. The molecule has 146 valence electrons. The van der Waals surface area contributed by atoms with Gasteiger partial charge in [-0.2, -0.15) is 0 Å². The Morgan fingerprint density at radius 2 is 1.82 bits per heavy atom. The second-order valence-electron chi connectivity index (χ2n) is 7.38. The average Bonchev–Trinajstić information content (AvgIpc) is 2.90. The fourth-order valence-electron chi connectivity index (χ4n) is 3.95. The molecule has 0 aromatic heterocycles. The van der Waals surface area contributed by atoms with Crippen LogP contribution < -0.4 is 9.80 Å². The van der Waals surface area contributed by atoms with Crippen LogP contribution in [0.2, 0.25) is 10.0 Å². The van der Waals surface area contributed by atoms with Gasteiger partial charge in [-0.15, -0.1) is 0 Å². The van der Waals surface area contributed by atoms with E-state index < -0.39 is 0 Å². The molecule has 0 radical (unpaired) electrons. The van der Waals surface area contributed by atoms with Gasteiger partial charge in [0.25, 0.3) is 5.91 Å². The van der Waals surface area contributed by atoms with Gasteiger partial charge in [-0.25, -0.2) is 4.99 Å². The van der Waals surface area contributed by atoms with Crippen molar-refractivity contribution in [2.24, 2.45) is 4.99 Å². The SMILES string of the molecule is C[C@H]1C[NH+](CN2C(=O)C(=Nc3ccc(Cl)c(Cl)c3)c3ccccc32)C[C@H](C)O1. The van der Waals surface area contributed by atoms with Crippen molar-refractivity contribution in [3.63, 3.8) is 0 Å². The van der Waals surface area contributed by atoms with Crippen molar-refractivity contribution in [1.82, 2.24) is 0 Å². The standard InChI is InChI=1S/C21H21Cl2N3O2/c1-13-10-25(11-14(2)28-13)12-26-19-6-4-3-5-16(19)20(21(26)27)24-15-7-8-17(22)18(23)9-15/h3-9,13-14H,10-12H2,1-2H3/p+1/t13-,14-/m0/s1. The van der Waals surface area contributed by atoms with Crippen molar-refractivity contribution < 1.29 is 14.4 Å². The second kappa shape index (κ2) is 7.84. The number of anilines is 1. The molecule has 1 N–H and O–H groups in total. The van der Waals surface area contributed by atoms with Crippen LogP contribution in [-0.2, 0) is 9.53 Å². The molecule has 2 aliphatic heterocycles. The molecule has 2 atom stereocenters. The van der Waals surface area contributed by atoms with Crippen LogP contribution in [0.15, 0.2) is 47.5 Å². The number of hydrogen-bond donors (Lipinski definition) is 1. The van der Waals surface area contributed by atoms with Gasteiger partial charge in [0.1, 0.15) is 31.0 Å². The molecule has 1 fully saturated rings. The number of para-hydroxylation sites is 1. The topological polar surface area (TPSA) is 46.3 Å². The number of rotatable bonds is 3. The summed E-state index contributed by atoms with van der Waals surface area (Å²) in [5.41, 5.74) is 2.77. The van der Waals surface area contributed by atoms with Crippen LogP contribution in [0.3, 0.4) is 0 Å². The first-order chi connectivity index (χ1) is 13.4. The molecule has 5 nitrogen and oxygen atoms in total. The number of quaternary nitrogens is 1. The lowest BCUT2D eigenvalue weighted by Gasteiger charge is -2.34. The van der Waals surface area contributed by atoms with Crippen molar-refractivity contribution in [2.45, 2.75) is 26.1 Å². The number of fused-ring (bicyclic) bond motifs is 1. The number of amides is 1. The zero-order valence-electron chi connectivity index (χ0n) is 15.8. The van der Waals surface area contributed by atoms with Crippen LogP contribution in [0.4, 0.5) is 11.4 Å². The summed E-state index contributed by atoms with van der Waals surface area (Å²) in [6.07, 6.45) is 0.354. The number of ether oxygens (including phenoxy) is 1. The normalized spacial score (nSPS) is 26.0. The Morgan fingerprint density at radius 3 is 2.54 bits per heavy atom. The minimum Gasteiger partial charge on any atom is -0.364 e. The molecular weight excluding hydrogens is 397 g/mol. The van der Waals surface area contributed by atoms with E-state index in [1.807, 2.05) is 29.2 Å². The van der Waals surface area contributed by atoms with Gasteiger partial charge in [-0.05, 0) is 38.1 Å². The van der Waals surface area contributed by atoms with Crippen LogP contribution >= 0.6 is 23.2 Å². The maximum atomic E-state index is 13.2. The summed E-state index contributed by atoms with van der Waals surface area (Å²) in [6.45, 7) is 6.48. The van der Waals surface area contributed by atoms with E-state index in [4.69, 9.17) is 27.9 Å². The number of halogens is 2. The van der Waals surface area contributed by atoms with E-state index in [1.165, 1.54) is 4.90 Å². The highest BCUT2D eigenvalue weighted by Crippen LogP contribution is 2.32. The minimum atomic E-state index is -0.0911. The predicted octanol–water partition coefficient (Wildman–Crippen LogP) is 3.11. The van der Waals surface area contributed by atoms with Gasteiger partial charge in [0.15, 0.2) is 6.67 Å². The monoisotopic (exact) mass is 418 g/mol. The van der Waals surface area contributed by atoms with Gasteiger partial charge in [0.05, 0.1) is 21.4 Å². The smallest absolute Gasteiger partial charge is 0.281 e. The van der Waals surface area contributed by atoms with Gasteiger partial charge in [-0.1, -0.05) is 41.4 Å². The maximum absolute atomic E-state index is 13.2. The maximum Gasteiger partial charge on any atom is 0.281 e. The van der Waals surface area contributed by atoms with Gasteiger partial charge >= 0.3 is 0 Å². The van der Waals surface area contributed by atoms with Crippen molar-refractivity contribution in [2.75, 3.05) is 24.7 Å². The largest absolute Gasteiger partial charge is 0.364 e. The minimum absolute atomic E-state index is 0.0911. The molecule has 4 rings (SSSR count). The molecule has 0 unspecified atom stereocenters. The first kappa shape index (κ1) is 19.4.